The number of hydrogen-bond acceptors (Lipinski definition) is 3. The Morgan fingerprint density at radius 1 is 0.532 bits per heavy atom. The summed E-state index contributed by atoms with van der Waals surface area (Å²) in [6.07, 6.45) is 27.3. The van der Waals surface area contributed by atoms with Gasteiger partial charge in [-0.1, -0.05) is 178 Å². The molecular weight excluding hydrogens is 576 g/mol. The molecule has 0 fully saturated rings. The van der Waals surface area contributed by atoms with Crippen molar-refractivity contribution in [2.75, 3.05) is 6.61 Å². The summed E-state index contributed by atoms with van der Waals surface area (Å²) in [5, 5.41) is 0. The summed E-state index contributed by atoms with van der Waals surface area (Å²) in [5.41, 5.74) is 5.19. The third-order valence-electron chi connectivity index (χ3n) is 9.37. The molecule has 3 heteroatoms. The molecule has 0 spiro atoms. The SMILES string of the molecule is CCCCCCCCCCCCCCCCCCCCOC(C)c1ccc(-c2ccc(C(=O)Oc3ccc(CCC)cc3)cc2)cc1. The molecular formula is C44H64O3. The standard InChI is InChI=1S/C44H64O3/c1-4-6-7-8-9-10-11-12-13-14-15-16-17-18-19-20-21-22-36-46-37(3)39-26-28-40(29-27-39)41-30-32-42(33-31-41)44(45)47-43-34-24-38(23-5-2)25-35-43/h24-35,37H,4-23,36H2,1-3H3. The van der Waals surface area contributed by atoms with Crippen LogP contribution in [0.1, 0.15) is 170 Å². The Labute approximate surface area is 287 Å². The van der Waals surface area contributed by atoms with Crippen molar-refractivity contribution in [2.24, 2.45) is 0 Å². The molecule has 3 aromatic rings. The maximum atomic E-state index is 12.6. The van der Waals surface area contributed by atoms with Gasteiger partial charge in [-0.2, -0.15) is 0 Å². The summed E-state index contributed by atoms with van der Waals surface area (Å²) in [7, 11) is 0. The Morgan fingerprint density at radius 3 is 1.45 bits per heavy atom. The molecule has 1 atom stereocenters. The first-order valence-electron chi connectivity index (χ1n) is 19.2. The molecule has 258 valence electrons. The lowest BCUT2D eigenvalue weighted by molar-refractivity contribution is 0.0627. The van der Waals surface area contributed by atoms with E-state index in [0.717, 1.165) is 37.0 Å². The zero-order chi connectivity index (χ0) is 33.4. The number of carbonyl (C=O) groups is 1. The van der Waals surface area contributed by atoms with Gasteiger partial charge in [-0.3, -0.25) is 0 Å². The summed E-state index contributed by atoms with van der Waals surface area (Å²) in [6, 6.07) is 24.0. The van der Waals surface area contributed by atoms with E-state index in [9.17, 15) is 4.79 Å². The van der Waals surface area contributed by atoms with E-state index in [0.29, 0.717) is 11.3 Å². The van der Waals surface area contributed by atoms with Crippen LogP contribution >= 0.6 is 0 Å². The van der Waals surface area contributed by atoms with Gasteiger partial charge in [0.1, 0.15) is 5.75 Å². The number of carbonyl (C=O) groups excluding carboxylic acids is 1. The normalized spacial score (nSPS) is 11.9. The lowest BCUT2D eigenvalue weighted by Gasteiger charge is -2.14. The molecule has 0 aromatic heterocycles. The van der Waals surface area contributed by atoms with Gasteiger partial charge in [-0.05, 0) is 66.3 Å². The van der Waals surface area contributed by atoms with Crippen molar-refractivity contribution in [3.8, 4) is 16.9 Å². The summed E-state index contributed by atoms with van der Waals surface area (Å²) in [6.45, 7) is 7.41. The van der Waals surface area contributed by atoms with Gasteiger partial charge in [-0.25, -0.2) is 4.79 Å². The number of ether oxygens (including phenoxy) is 2. The monoisotopic (exact) mass is 640 g/mol. The molecule has 3 rings (SSSR count). The molecule has 0 N–H and O–H groups in total. The smallest absolute Gasteiger partial charge is 0.343 e. The summed E-state index contributed by atoms with van der Waals surface area (Å²) in [5.74, 6) is 0.238. The van der Waals surface area contributed by atoms with E-state index in [4.69, 9.17) is 9.47 Å². The van der Waals surface area contributed by atoms with Gasteiger partial charge >= 0.3 is 5.97 Å². The Morgan fingerprint density at radius 2 is 0.979 bits per heavy atom. The fourth-order valence-corrected chi connectivity index (χ4v) is 6.28. The predicted molar refractivity (Wildman–Crippen MR) is 200 cm³/mol. The second-order valence-corrected chi connectivity index (χ2v) is 13.5. The first-order valence-corrected chi connectivity index (χ1v) is 19.2. The van der Waals surface area contributed by atoms with E-state index >= 15 is 0 Å². The second-order valence-electron chi connectivity index (χ2n) is 13.5. The molecule has 0 aliphatic heterocycles. The quantitative estimate of drug-likeness (QED) is 0.0497. The average Bonchev–Trinajstić information content (AvgIpc) is 3.10. The Balaban J connectivity index is 1.20. The number of benzene rings is 3. The van der Waals surface area contributed by atoms with Crippen LogP contribution in [-0.4, -0.2) is 12.6 Å². The lowest BCUT2D eigenvalue weighted by atomic mass is 10.0. The van der Waals surface area contributed by atoms with E-state index in [1.165, 1.54) is 120 Å². The second kappa shape index (κ2) is 24.3. The minimum Gasteiger partial charge on any atom is -0.423 e. The van der Waals surface area contributed by atoms with Crippen molar-refractivity contribution in [3.63, 3.8) is 0 Å². The van der Waals surface area contributed by atoms with E-state index in [1.54, 1.807) is 0 Å². The Kier molecular flexibility index (Phi) is 19.9. The molecule has 0 bridgehead atoms. The van der Waals surface area contributed by atoms with Crippen LogP contribution in [0.2, 0.25) is 0 Å². The molecule has 0 heterocycles. The molecule has 3 nitrogen and oxygen atoms in total. The van der Waals surface area contributed by atoms with Crippen LogP contribution < -0.4 is 4.74 Å². The molecule has 3 aromatic carbocycles. The molecule has 0 aliphatic carbocycles. The summed E-state index contributed by atoms with van der Waals surface area (Å²) < 4.78 is 11.7. The molecule has 1 unspecified atom stereocenters. The molecule has 0 saturated heterocycles. The highest BCUT2D eigenvalue weighted by Gasteiger charge is 2.10. The number of rotatable bonds is 26. The third-order valence-corrected chi connectivity index (χ3v) is 9.37. The number of unbranched alkanes of at least 4 members (excludes halogenated alkanes) is 17. The van der Waals surface area contributed by atoms with Crippen molar-refractivity contribution in [2.45, 2.75) is 155 Å². The van der Waals surface area contributed by atoms with Crippen LogP contribution in [0.25, 0.3) is 11.1 Å². The van der Waals surface area contributed by atoms with Gasteiger partial charge in [0.15, 0.2) is 0 Å². The van der Waals surface area contributed by atoms with Crippen LogP contribution in [0.4, 0.5) is 0 Å². The predicted octanol–water partition coefficient (Wildman–Crippen LogP) is 13.6. The molecule has 0 amide bonds. The Hall–Kier alpha value is -2.91. The van der Waals surface area contributed by atoms with Gasteiger partial charge < -0.3 is 9.47 Å². The third kappa shape index (κ3) is 16.2. The zero-order valence-corrected chi connectivity index (χ0v) is 30.1. The fourth-order valence-electron chi connectivity index (χ4n) is 6.28. The van der Waals surface area contributed by atoms with Gasteiger partial charge in [-0.15, -0.1) is 0 Å². The lowest BCUT2D eigenvalue weighted by Crippen LogP contribution is -2.08. The maximum Gasteiger partial charge on any atom is 0.343 e. The van der Waals surface area contributed by atoms with Crippen LogP contribution in [0, 0.1) is 0 Å². The van der Waals surface area contributed by atoms with Gasteiger partial charge in [0.2, 0.25) is 0 Å². The molecule has 0 aliphatic rings. The number of aryl methyl sites for hydroxylation is 1. The molecule has 0 saturated carbocycles. The van der Waals surface area contributed by atoms with Gasteiger partial charge in [0.05, 0.1) is 11.7 Å². The number of esters is 1. The van der Waals surface area contributed by atoms with Crippen molar-refractivity contribution in [1.29, 1.82) is 0 Å². The zero-order valence-electron chi connectivity index (χ0n) is 30.1. The first kappa shape index (κ1) is 38.5. The van der Waals surface area contributed by atoms with Crippen LogP contribution in [0.5, 0.6) is 5.75 Å². The van der Waals surface area contributed by atoms with Crippen molar-refractivity contribution < 1.29 is 14.3 Å². The van der Waals surface area contributed by atoms with Crippen LogP contribution in [0.3, 0.4) is 0 Å². The maximum absolute atomic E-state index is 12.6. The van der Waals surface area contributed by atoms with E-state index in [2.05, 4.69) is 45.0 Å². The molecule has 47 heavy (non-hydrogen) atoms. The van der Waals surface area contributed by atoms with E-state index in [-0.39, 0.29) is 12.1 Å². The van der Waals surface area contributed by atoms with E-state index < -0.39 is 0 Å². The number of hydrogen-bond donors (Lipinski definition) is 0. The van der Waals surface area contributed by atoms with Crippen LogP contribution in [-0.2, 0) is 11.2 Å². The van der Waals surface area contributed by atoms with Crippen molar-refractivity contribution in [1.82, 2.24) is 0 Å². The minimum absolute atomic E-state index is 0.0861. The highest BCUT2D eigenvalue weighted by atomic mass is 16.5. The fraction of sp³-hybridized carbons (Fsp3) is 0.568. The first-order chi connectivity index (χ1) is 23.1. The van der Waals surface area contributed by atoms with Crippen molar-refractivity contribution >= 4 is 5.97 Å². The van der Waals surface area contributed by atoms with Crippen LogP contribution in [0.15, 0.2) is 72.8 Å². The Bertz CT molecular complexity index is 1200. The highest BCUT2D eigenvalue weighted by Crippen LogP contribution is 2.25. The average molecular weight is 641 g/mol. The topological polar surface area (TPSA) is 35.5 Å². The van der Waals surface area contributed by atoms with Crippen molar-refractivity contribution in [3.05, 3.63) is 89.5 Å². The summed E-state index contributed by atoms with van der Waals surface area (Å²) in [4.78, 5) is 12.6. The highest BCUT2D eigenvalue weighted by molar-refractivity contribution is 5.91. The van der Waals surface area contributed by atoms with Gasteiger partial charge in [0, 0.05) is 6.61 Å². The molecule has 0 radical (unpaired) electrons. The van der Waals surface area contributed by atoms with Gasteiger partial charge in [0.25, 0.3) is 0 Å². The largest absolute Gasteiger partial charge is 0.423 e. The van der Waals surface area contributed by atoms with E-state index in [1.807, 2.05) is 48.5 Å². The summed E-state index contributed by atoms with van der Waals surface area (Å²) >= 11 is 0. The minimum atomic E-state index is -0.337.